The van der Waals surface area contributed by atoms with Crippen molar-refractivity contribution in [2.24, 2.45) is 11.5 Å². The third-order valence-corrected chi connectivity index (χ3v) is 3.76. The summed E-state index contributed by atoms with van der Waals surface area (Å²) in [6.07, 6.45) is -0.210. The first-order chi connectivity index (χ1) is 11.9. The number of carbonyl (C=O) groups is 1. The van der Waals surface area contributed by atoms with E-state index in [9.17, 15) is 4.79 Å². The van der Waals surface area contributed by atoms with E-state index in [-0.39, 0.29) is 11.8 Å². The summed E-state index contributed by atoms with van der Waals surface area (Å²) in [5.74, 6) is -0.180. The molecule has 0 saturated carbocycles. The topological polar surface area (TPSA) is 102 Å². The van der Waals surface area contributed by atoms with Crippen molar-refractivity contribution >= 4 is 5.78 Å². The van der Waals surface area contributed by atoms with E-state index in [2.05, 4.69) is 24.0 Å². The average molecular weight is 346 g/mol. The fourth-order valence-corrected chi connectivity index (χ4v) is 2.33. The number of hydrogen-bond donors (Lipinski definition) is 4. The SMILES string of the molecule is C=C(CNOC(C)C(=O)C(N)CCN)N[C@H](C(=C)C)c1ccccc1. The molecule has 0 amide bonds. The molecular weight excluding hydrogens is 316 g/mol. The molecular formula is C19H30N4O2. The van der Waals surface area contributed by atoms with Gasteiger partial charge in [0.1, 0.15) is 6.10 Å². The van der Waals surface area contributed by atoms with Crippen molar-refractivity contribution in [3.05, 3.63) is 60.3 Å². The van der Waals surface area contributed by atoms with Gasteiger partial charge in [-0.1, -0.05) is 49.1 Å². The Hall–Kier alpha value is -1.99. The number of nitrogens with two attached hydrogens (primary N) is 2. The highest BCUT2D eigenvalue weighted by atomic mass is 16.7. The van der Waals surface area contributed by atoms with E-state index < -0.39 is 12.1 Å². The fourth-order valence-electron chi connectivity index (χ4n) is 2.33. The van der Waals surface area contributed by atoms with Gasteiger partial charge in [-0.15, -0.1) is 0 Å². The molecule has 0 aliphatic carbocycles. The molecule has 3 atom stereocenters. The molecule has 0 aliphatic rings. The lowest BCUT2D eigenvalue weighted by Gasteiger charge is -2.23. The monoisotopic (exact) mass is 346 g/mol. The first-order valence-corrected chi connectivity index (χ1v) is 8.39. The van der Waals surface area contributed by atoms with E-state index in [0.717, 1.165) is 16.8 Å². The van der Waals surface area contributed by atoms with Crippen LogP contribution in [0, 0.1) is 0 Å². The van der Waals surface area contributed by atoms with Crippen molar-refractivity contribution in [1.29, 1.82) is 0 Å². The summed E-state index contributed by atoms with van der Waals surface area (Å²) in [6, 6.07) is 9.36. The number of carbonyl (C=O) groups excluding carboxylic acids is 1. The molecule has 6 N–H and O–H groups in total. The minimum Gasteiger partial charge on any atom is -0.377 e. The molecule has 138 valence electrons. The largest absolute Gasteiger partial charge is 0.377 e. The first-order valence-electron chi connectivity index (χ1n) is 8.39. The van der Waals surface area contributed by atoms with E-state index in [1.807, 2.05) is 37.3 Å². The molecule has 6 heteroatoms. The Morgan fingerprint density at radius 3 is 2.48 bits per heavy atom. The van der Waals surface area contributed by atoms with Crippen LogP contribution in [-0.2, 0) is 9.63 Å². The van der Waals surface area contributed by atoms with Gasteiger partial charge in [-0.3, -0.25) is 9.63 Å². The van der Waals surface area contributed by atoms with E-state index in [1.165, 1.54) is 0 Å². The number of rotatable bonds is 12. The van der Waals surface area contributed by atoms with E-state index >= 15 is 0 Å². The molecule has 0 spiro atoms. The van der Waals surface area contributed by atoms with Gasteiger partial charge >= 0.3 is 0 Å². The Labute approximate surface area is 150 Å². The van der Waals surface area contributed by atoms with Crippen molar-refractivity contribution in [2.75, 3.05) is 13.1 Å². The second-order valence-electron chi connectivity index (χ2n) is 6.11. The molecule has 25 heavy (non-hydrogen) atoms. The summed E-state index contributed by atoms with van der Waals surface area (Å²) in [7, 11) is 0. The molecule has 0 heterocycles. The predicted octanol–water partition coefficient (Wildman–Crippen LogP) is 1.56. The second kappa shape index (κ2) is 10.8. The summed E-state index contributed by atoms with van der Waals surface area (Å²) in [4.78, 5) is 17.3. The molecule has 1 aromatic rings. The van der Waals surface area contributed by atoms with E-state index in [0.29, 0.717) is 19.5 Å². The molecule has 0 fully saturated rings. The quantitative estimate of drug-likeness (QED) is 0.338. The molecule has 6 nitrogen and oxygen atoms in total. The van der Waals surface area contributed by atoms with Crippen molar-refractivity contribution < 1.29 is 9.63 Å². The van der Waals surface area contributed by atoms with Gasteiger partial charge in [0.2, 0.25) is 0 Å². The maximum absolute atomic E-state index is 12.0. The lowest BCUT2D eigenvalue weighted by atomic mass is 10.0. The van der Waals surface area contributed by atoms with Gasteiger partial charge in [-0.05, 0) is 32.4 Å². The van der Waals surface area contributed by atoms with Crippen molar-refractivity contribution in [3.63, 3.8) is 0 Å². The lowest BCUT2D eigenvalue weighted by molar-refractivity contribution is -0.135. The van der Waals surface area contributed by atoms with Crippen LogP contribution < -0.4 is 22.3 Å². The van der Waals surface area contributed by atoms with E-state index in [4.69, 9.17) is 16.3 Å². The predicted molar refractivity (Wildman–Crippen MR) is 101 cm³/mol. The van der Waals surface area contributed by atoms with Gasteiger partial charge in [0, 0.05) is 5.70 Å². The average Bonchev–Trinajstić information content (AvgIpc) is 2.59. The molecule has 0 aliphatic heterocycles. The van der Waals surface area contributed by atoms with Crippen LogP contribution in [0.3, 0.4) is 0 Å². The van der Waals surface area contributed by atoms with Crippen LogP contribution in [-0.4, -0.2) is 31.0 Å². The number of Topliss-reactive ketones (excluding diaryl/α,β-unsaturated/α-hetero) is 1. The molecule has 0 aromatic heterocycles. The summed E-state index contributed by atoms with van der Waals surface area (Å²) in [5.41, 5.74) is 16.7. The van der Waals surface area contributed by atoms with Gasteiger partial charge < -0.3 is 16.8 Å². The highest BCUT2D eigenvalue weighted by molar-refractivity contribution is 5.87. The number of hydrogen-bond acceptors (Lipinski definition) is 6. The summed E-state index contributed by atoms with van der Waals surface area (Å²) < 4.78 is 0. The lowest BCUT2D eigenvalue weighted by Crippen LogP contribution is -2.42. The maximum Gasteiger partial charge on any atom is 0.180 e. The smallest absolute Gasteiger partial charge is 0.180 e. The molecule has 1 rings (SSSR count). The second-order valence-corrected chi connectivity index (χ2v) is 6.11. The van der Waals surface area contributed by atoms with Gasteiger partial charge in [-0.2, -0.15) is 5.48 Å². The van der Waals surface area contributed by atoms with Crippen LogP contribution in [0.1, 0.15) is 31.9 Å². The third kappa shape index (κ3) is 7.19. The standard InChI is InChI=1S/C19H30N4O2/c1-13(2)18(16-8-6-5-7-9-16)23-14(3)12-22-25-15(4)19(24)17(21)10-11-20/h5-9,15,17-18,22-23H,1,3,10-12,20-21H2,2,4H3/t15?,17?,18-/m1/s1. The Morgan fingerprint density at radius 2 is 1.92 bits per heavy atom. The van der Waals surface area contributed by atoms with Crippen LogP contribution in [0.4, 0.5) is 0 Å². The normalized spacial score (nSPS) is 14.4. The molecule has 0 bridgehead atoms. The van der Waals surface area contributed by atoms with Gasteiger partial charge in [-0.25, -0.2) is 0 Å². The van der Waals surface area contributed by atoms with Gasteiger partial charge in [0.15, 0.2) is 5.78 Å². The minimum absolute atomic E-state index is 0.0347. The van der Waals surface area contributed by atoms with Gasteiger partial charge in [0.25, 0.3) is 0 Å². The number of benzene rings is 1. The minimum atomic E-state index is -0.652. The molecule has 0 radical (unpaired) electrons. The van der Waals surface area contributed by atoms with Crippen LogP contribution in [0.25, 0.3) is 0 Å². The summed E-state index contributed by atoms with van der Waals surface area (Å²) in [6.45, 7) is 12.4. The Bertz CT molecular complexity index is 574. The Kier molecular flexibility index (Phi) is 9.08. The Morgan fingerprint density at radius 1 is 1.28 bits per heavy atom. The van der Waals surface area contributed by atoms with E-state index in [1.54, 1.807) is 6.92 Å². The van der Waals surface area contributed by atoms with Crippen LogP contribution in [0.5, 0.6) is 0 Å². The molecule has 0 saturated heterocycles. The Balaban J connectivity index is 2.46. The van der Waals surface area contributed by atoms with Crippen molar-refractivity contribution in [1.82, 2.24) is 10.8 Å². The van der Waals surface area contributed by atoms with Crippen LogP contribution in [0.15, 0.2) is 54.8 Å². The maximum atomic E-state index is 12.0. The summed E-state index contributed by atoms with van der Waals surface area (Å²) in [5, 5.41) is 3.32. The van der Waals surface area contributed by atoms with Crippen molar-refractivity contribution in [3.8, 4) is 0 Å². The van der Waals surface area contributed by atoms with Crippen LogP contribution in [0.2, 0.25) is 0 Å². The first kappa shape index (κ1) is 21.1. The highest BCUT2D eigenvalue weighted by Gasteiger charge is 2.21. The number of hydroxylamine groups is 1. The zero-order valence-electron chi connectivity index (χ0n) is 15.1. The number of nitrogens with one attached hydrogen (secondary N) is 2. The number of ketones is 1. The molecule has 1 aromatic carbocycles. The van der Waals surface area contributed by atoms with Crippen LogP contribution >= 0.6 is 0 Å². The zero-order valence-corrected chi connectivity index (χ0v) is 15.1. The third-order valence-electron chi connectivity index (χ3n) is 3.76. The summed E-state index contributed by atoms with van der Waals surface area (Å²) >= 11 is 0. The van der Waals surface area contributed by atoms with Gasteiger partial charge in [0.05, 0.1) is 18.6 Å². The fraction of sp³-hybridized carbons (Fsp3) is 0.421. The van der Waals surface area contributed by atoms with Crippen molar-refractivity contribution in [2.45, 2.75) is 38.5 Å². The molecule has 2 unspecified atom stereocenters. The highest BCUT2D eigenvalue weighted by Crippen LogP contribution is 2.20. The zero-order chi connectivity index (χ0) is 18.8.